The Balaban J connectivity index is 0.00000385. The van der Waals surface area contributed by atoms with E-state index < -0.39 is 0 Å². The number of benzene rings is 2. The van der Waals surface area contributed by atoms with Gasteiger partial charge < -0.3 is 19.1 Å². The van der Waals surface area contributed by atoms with Crippen LogP contribution >= 0.6 is 35.3 Å². The van der Waals surface area contributed by atoms with Crippen molar-refractivity contribution in [2.24, 2.45) is 0 Å². The lowest BCUT2D eigenvalue weighted by atomic mass is 10.1. The lowest BCUT2D eigenvalue weighted by molar-refractivity contribution is 0.0983. The van der Waals surface area contributed by atoms with E-state index in [9.17, 15) is 4.79 Å². The number of anilines is 1. The van der Waals surface area contributed by atoms with Gasteiger partial charge in [0.05, 0.1) is 31.1 Å². The molecule has 33 heavy (non-hydrogen) atoms. The van der Waals surface area contributed by atoms with Crippen molar-refractivity contribution in [1.29, 1.82) is 0 Å². The van der Waals surface area contributed by atoms with Gasteiger partial charge in [-0.1, -0.05) is 36.8 Å². The summed E-state index contributed by atoms with van der Waals surface area (Å²) in [5.74, 6) is 1.52. The van der Waals surface area contributed by atoms with Crippen LogP contribution in [0.15, 0.2) is 30.3 Å². The molecule has 0 radical (unpaired) electrons. The van der Waals surface area contributed by atoms with Gasteiger partial charge in [-0.05, 0) is 37.4 Å². The number of aromatic nitrogens is 1. The highest BCUT2D eigenvalue weighted by atomic mass is 35.5. The minimum Gasteiger partial charge on any atom is -0.497 e. The standard InChI is InChI=1S/C23H28ClN3O4S.ClH/c1-6-26(7-2)10-11-27(22(28)15-12-16(29-3)14-17(13-15)30-4)23-25-20-19(31-5)9-8-18(24)21(20)32-23;/h8-9,12-14H,6-7,10-11H2,1-5H3;1H. The maximum Gasteiger partial charge on any atom is 0.260 e. The highest BCUT2D eigenvalue weighted by Gasteiger charge is 2.24. The Morgan fingerprint density at radius 2 is 1.64 bits per heavy atom. The third kappa shape index (κ3) is 6.00. The summed E-state index contributed by atoms with van der Waals surface area (Å²) in [5.41, 5.74) is 1.10. The number of fused-ring (bicyclic) bond motifs is 1. The quantitative estimate of drug-likeness (QED) is 0.362. The van der Waals surface area contributed by atoms with Crippen LogP contribution in [0.25, 0.3) is 10.2 Å². The number of halogens is 2. The van der Waals surface area contributed by atoms with Crippen LogP contribution in [0.5, 0.6) is 17.2 Å². The summed E-state index contributed by atoms with van der Waals surface area (Å²) in [6.45, 7) is 7.17. The van der Waals surface area contributed by atoms with E-state index in [1.807, 2.05) is 0 Å². The van der Waals surface area contributed by atoms with Crippen LogP contribution in [0, 0.1) is 0 Å². The van der Waals surface area contributed by atoms with Crippen LogP contribution in [0.1, 0.15) is 24.2 Å². The molecule has 0 aliphatic heterocycles. The SMILES string of the molecule is CCN(CC)CCN(C(=O)c1cc(OC)cc(OC)c1)c1nc2c(OC)ccc(Cl)c2s1.Cl. The average Bonchev–Trinajstić information content (AvgIpc) is 3.27. The van der Waals surface area contributed by atoms with Gasteiger partial charge in [-0.2, -0.15) is 0 Å². The molecule has 0 bridgehead atoms. The maximum absolute atomic E-state index is 13.7. The van der Waals surface area contributed by atoms with Crippen LogP contribution < -0.4 is 19.1 Å². The number of hydrogen-bond donors (Lipinski definition) is 0. The van der Waals surface area contributed by atoms with Crippen molar-refractivity contribution >= 4 is 56.6 Å². The van der Waals surface area contributed by atoms with Crippen molar-refractivity contribution in [3.63, 3.8) is 0 Å². The molecule has 0 aliphatic carbocycles. The molecule has 10 heteroatoms. The highest BCUT2D eigenvalue weighted by Crippen LogP contribution is 2.39. The van der Waals surface area contributed by atoms with Crippen molar-refractivity contribution in [3.05, 3.63) is 40.9 Å². The van der Waals surface area contributed by atoms with E-state index in [0.29, 0.717) is 51.6 Å². The van der Waals surface area contributed by atoms with Crippen molar-refractivity contribution in [1.82, 2.24) is 9.88 Å². The predicted molar refractivity (Wildman–Crippen MR) is 137 cm³/mol. The van der Waals surface area contributed by atoms with Gasteiger partial charge in [0.2, 0.25) is 0 Å². The van der Waals surface area contributed by atoms with Crippen molar-refractivity contribution in [2.75, 3.05) is 52.4 Å². The molecular weight excluding hydrogens is 485 g/mol. The zero-order valence-electron chi connectivity index (χ0n) is 19.4. The molecule has 2 aromatic carbocycles. The summed E-state index contributed by atoms with van der Waals surface area (Å²) in [6, 6.07) is 8.70. The van der Waals surface area contributed by atoms with Gasteiger partial charge in [0, 0.05) is 24.7 Å². The van der Waals surface area contributed by atoms with Crippen molar-refractivity contribution < 1.29 is 19.0 Å². The Morgan fingerprint density at radius 1 is 1.00 bits per heavy atom. The average molecular weight is 514 g/mol. The van der Waals surface area contributed by atoms with E-state index in [4.69, 9.17) is 30.8 Å². The minimum atomic E-state index is -0.191. The van der Waals surface area contributed by atoms with E-state index in [1.165, 1.54) is 11.3 Å². The van der Waals surface area contributed by atoms with E-state index in [1.54, 1.807) is 56.6 Å². The lowest BCUT2D eigenvalue weighted by Gasteiger charge is -2.25. The molecule has 0 N–H and O–H groups in total. The normalized spacial score (nSPS) is 10.8. The van der Waals surface area contributed by atoms with Crippen molar-refractivity contribution in [3.8, 4) is 17.2 Å². The Morgan fingerprint density at radius 3 is 2.18 bits per heavy atom. The van der Waals surface area contributed by atoms with Crippen LogP contribution in [-0.2, 0) is 0 Å². The maximum atomic E-state index is 13.7. The van der Waals surface area contributed by atoms with Crippen LogP contribution in [0.4, 0.5) is 5.13 Å². The molecule has 3 rings (SSSR count). The second kappa shape index (κ2) is 12.3. The Bertz CT molecular complexity index is 1070. The topological polar surface area (TPSA) is 64.1 Å². The van der Waals surface area contributed by atoms with Gasteiger partial charge in [0.1, 0.15) is 22.8 Å². The zero-order chi connectivity index (χ0) is 23.3. The minimum absolute atomic E-state index is 0. The molecule has 3 aromatic rings. The molecule has 1 heterocycles. The number of likely N-dealkylation sites (N-methyl/N-ethyl adjacent to an activating group) is 1. The molecule has 7 nitrogen and oxygen atoms in total. The second-order valence-electron chi connectivity index (χ2n) is 7.01. The number of methoxy groups -OCH3 is 3. The highest BCUT2D eigenvalue weighted by molar-refractivity contribution is 7.23. The summed E-state index contributed by atoms with van der Waals surface area (Å²) in [7, 11) is 4.71. The van der Waals surface area contributed by atoms with Crippen molar-refractivity contribution in [2.45, 2.75) is 13.8 Å². The smallest absolute Gasteiger partial charge is 0.260 e. The van der Waals surface area contributed by atoms with Crippen LogP contribution in [0.3, 0.4) is 0 Å². The number of rotatable bonds is 10. The summed E-state index contributed by atoms with van der Waals surface area (Å²) in [5, 5.41) is 1.13. The largest absolute Gasteiger partial charge is 0.497 e. The first kappa shape index (κ1) is 27.0. The Hall–Kier alpha value is -2.26. The molecule has 0 saturated carbocycles. The van der Waals surface area contributed by atoms with Crippen LogP contribution in [0.2, 0.25) is 5.02 Å². The molecule has 0 unspecified atom stereocenters. The molecule has 0 spiro atoms. The Kier molecular flexibility index (Phi) is 10.0. The van der Waals surface area contributed by atoms with Gasteiger partial charge in [-0.15, -0.1) is 12.4 Å². The number of ether oxygens (including phenoxy) is 3. The lowest BCUT2D eigenvalue weighted by Crippen LogP contribution is -2.38. The number of hydrogen-bond acceptors (Lipinski definition) is 7. The van der Waals surface area contributed by atoms with Gasteiger partial charge in [0.25, 0.3) is 5.91 Å². The molecule has 1 amide bonds. The van der Waals surface area contributed by atoms with E-state index >= 15 is 0 Å². The fourth-order valence-electron chi connectivity index (χ4n) is 3.37. The molecular formula is C23H29Cl2N3O4S. The summed E-state index contributed by atoms with van der Waals surface area (Å²) < 4.78 is 16.9. The predicted octanol–water partition coefficient (Wildman–Crippen LogP) is 5.39. The van der Waals surface area contributed by atoms with E-state index in [2.05, 4.69) is 18.7 Å². The molecule has 0 saturated heterocycles. The fourth-order valence-corrected chi connectivity index (χ4v) is 4.65. The van der Waals surface area contributed by atoms with Crippen LogP contribution in [-0.4, -0.2) is 63.3 Å². The van der Waals surface area contributed by atoms with Gasteiger partial charge in [-0.25, -0.2) is 4.98 Å². The number of nitrogens with zero attached hydrogens (tertiary/aromatic N) is 3. The first-order chi connectivity index (χ1) is 15.4. The molecule has 0 atom stereocenters. The molecule has 0 aliphatic rings. The van der Waals surface area contributed by atoms with Gasteiger partial charge in [0.15, 0.2) is 5.13 Å². The monoisotopic (exact) mass is 513 g/mol. The second-order valence-corrected chi connectivity index (χ2v) is 8.39. The zero-order valence-corrected chi connectivity index (χ0v) is 21.8. The summed E-state index contributed by atoms with van der Waals surface area (Å²) in [6.07, 6.45) is 0. The first-order valence-electron chi connectivity index (χ1n) is 10.4. The third-order valence-electron chi connectivity index (χ3n) is 5.28. The molecule has 0 fully saturated rings. The number of thiazole rings is 1. The fraction of sp³-hybridized carbons (Fsp3) is 0.391. The summed E-state index contributed by atoms with van der Waals surface area (Å²) >= 11 is 7.79. The molecule has 1 aromatic heterocycles. The van der Waals surface area contributed by atoms with E-state index in [-0.39, 0.29) is 18.3 Å². The van der Waals surface area contributed by atoms with E-state index in [0.717, 1.165) is 17.8 Å². The van der Waals surface area contributed by atoms with Gasteiger partial charge in [-0.3, -0.25) is 9.69 Å². The first-order valence-corrected chi connectivity index (χ1v) is 11.5. The number of carbonyl (C=O) groups is 1. The third-order valence-corrected chi connectivity index (χ3v) is 6.81. The summed E-state index contributed by atoms with van der Waals surface area (Å²) in [4.78, 5) is 22.4. The molecule has 180 valence electrons. The number of carbonyl (C=O) groups excluding carboxylic acids is 1. The van der Waals surface area contributed by atoms with Gasteiger partial charge >= 0.3 is 0 Å². The Labute approximate surface area is 209 Å². The number of amides is 1.